The number of methoxy groups -OCH3 is 1. The molecule has 0 aliphatic carbocycles. The van der Waals surface area contributed by atoms with Gasteiger partial charge in [-0.1, -0.05) is 12.1 Å². The van der Waals surface area contributed by atoms with E-state index in [0.29, 0.717) is 0 Å². The van der Waals surface area contributed by atoms with E-state index in [0.717, 1.165) is 56.5 Å². The first-order chi connectivity index (χ1) is 10.3. The van der Waals surface area contributed by atoms with Crippen LogP contribution in [-0.4, -0.2) is 50.8 Å². The van der Waals surface area contributed by atoms with Gasteiger partial charge in [-0.15, -0.1) is 5.48 Å². The third-order valence-corrected chi connectivity index (χ3v) is 3.74. The third kappa shape index (κ3) is 3.72. The summed E-state index contributed by atoms with van der Waals surface area (Å²) in [5.41, 5.74) is 4.03. The van der Waals surface area contributed by atoms with Crippen molar-refractivity contribution >= 4 is 5.90 Å². The Morgan fingerprint density at radius 1 is 1.29 bits per heavy atom. The Labute approximate surface area is 124 Å². The van der Waals surface area contributed by atoms with Crippen LogP contribution in [0.2, 0.25) is 0 Å². The van der Waals surface area contributed by atoms with Gasteiger partial charge in [-0.25, -0.2) is 4.99 Å². The number of benzene rings is 1. The topological polar surface area (TPSA) is 55.3 Å². The quantitative estimate of drug-likeness (QED) is 0.887. The number of nitrogens with one attached hydrogen (secondary N) is 1. The van der Waals surface area contributed by atoms with Crippen molar-refractivity contribution in [1.29, 1.82) is 0 Å². The third-order valence-electron chi connectivity index (χ3n) is 3.74. The van der Waals surface area contributed by atoms with Gasteiger partial charge in [0.1, 0.15) is 5.75 Å². The number of hydrogen-bond donors (Lipinski definition) is 1. The molecule has 1 aromatic carbocycles. The summed E-state index contributed by atoms with van der Waals surface area (Å²) in [7, 11) is 1.66. The lowest BCUT2D eigenvalue weighted by Crippen LogP contribution is -2.37. The summed E-state index contributed by atoms with van der Waals surface area (Å²) < 4.78 is 10.5. The summed E-state index contributed by atoms with van der Waals surface area (Å²) in [6.07, 6.45) is 0.690. The second-order valence-corrected chi connectivity index (χ2v) is 5.12. The van der Waals surface area contributed by atoms with E-state index in [-0.39, 0.29) is 6.17 Å². The minimum Gasteiger partial charge on any atom is -0.497 e. The average Bonchev–Trinajstić information content (AvgIpc) is 3.03. The van der Waals surface area contributed by atoms with Gasteiger partial charge in [-0.3, -0.25) is 4.90 Å². The molecule has 1 saturated heterocycles. The van der Waals surface area contributed by atoms with Crippen molar-refractivity contribution in [3.63, 3.8) is 0 Å². The maximum atomic E-state index is 5.48. The molecule has 0 radical (unpaired) electrons. The van der Waals surface area contributed by atoms with Gasteiger partial charge >= 0.3 is 0 Å². The van der Waals surface area contributed by atoms with Gasteiger partial charge in [0.05, 0.1) is 20.3 Å². The highest BCUT2D eigenvalue weighted by molar-refractivity contribution is 5.77. The lowest BCUT2D eigenvalue weighted by Gasteiger charge is -2.26. The molecule has 6 heteroatoms. The highest BCUT2D eigenvalue weighted by atomic mass is 16.7. The maximum Gasteiger partial charge on any atom is 0.212 e. The first-order valence-corrected chi connectivity index (χ1v) is 7.28. The number of hydrogen-bond acceptors (Lipinski definition) is 6. The Morgan fingerprint density at radius 2 is 2.05 bits per heavy atom. The predicted molar refractivity (Wildman–Crippen MR) is 79.3 cm³/mol. The van der Waals surface area contributed by atoms with Crippen LogP contribution in [0.15, 0.2) is 29.3 Å². The normalized spacial score (nSPS) is 22.7. The van der Waals surface area contributed by atoms with Gasteiger partial charge in [0, 0.05) is 26.1 Å². The Balaban J connectivity index is 1.53. The molecule has 0 amide bonds. The zero-order valence-corrected chi connectivity index (χ0v) is 12.2. The van der Waals surface area contributed by atoms with Gasteiger partial charge in [0.25, 0.3) is 0 Å². The molecule has 0 spiro atoms. The van der Waals surface area contributed by atoms with Gasteiger partial charge in [-0.05, 0) is 17.7 Å². The first kappa shape index (κ1) is 14.3. The Morgan fingerprint density at radius 3 is 2.76 bits per heavy atom. The van der Waals surface area contributed by atoms with Crippen molar-refractivity contribution in [2.75, 3.05) is 40.0 Å². The van der Waals surface area contributed by atoms with Crippen molar-refractivity contribution in [3.05, 3.63) is 29.8 Å². The molecule has 2 heterocycles. The number of ether oxygens (including phenoxy) is 2. The molecule has 0 saturated carbocycles. The summed E-state index contributed by atoms with van der Waals surface area (Å²) >= 11 is 0. The summed E-state index contributed by atoms with van der Waals surface area (Å²) in [5, 5.41) is 0. The summed E-state index contributed by atoms with van der Waals surface area (Å²) in [6, 6.07) is 7.85. The average molecular weight is 291 g/mol. The Hall–Kier alpha value is -1.63. The molecule has 1 aromatic rings. The molecule has 1 atom stereocenters. The van der Waals surface area contributed by atoms with E-state index in [4.69, 9.17) is 14.3 Å². The van der Waals surface area contributed by atoms with Gasteiger partial charge < -0.3 is 14.3 Å². The van der Waals surface area contributed by atoms with Crippen LogP contribution in [0, 0.1) is 0 Å². The van der Waals surface area contributed by atoms with Crippen molar-refractivity contribution < 1.29 is 14.3 Å². The van der Waals surface area contributed by atoms with Gasteiger partial charge in [0.15, 0.2) is 6.17 Å². The van der Waals surface area contributed by atoms with Gasteiger partial charge in [0.2, 0.25) is 5.90 Å². The smallest absolute Gasteiger partial charge is 0.212 e. The summed E-state index contributed by atoms with van der Waals surface area (Å²) in [5.74, 6) is 1.61. The largest absolute Gasteiger partial charge is 0.497 e. The highest BCUT2D eigenvalue weighted by Crippen LogP contribution is 2.22. The molecule has 1 fully saturated rings. The number of rotatable bonds is 5. The maximum absolute atomic E-state index is 5.48. The molecule has 6 nitrogen and oxygen atoms in total. The lowest BCUT2D eigenvalue weighted by atomic mass is 10.2. The fourth-order valence-electron chi connectivity index (χ4n) is 2.44. The van der Waals surface area contributed by atoms with E-state index in [1.54, 1.807) is 7.11 Å². The molecule has 0 bridgehead atoms. The fourth-order valence-corrected chi connectivity index (χ4v) is 2.44. The van der Waals surface area contributed by atoms with Crippen LogP contribution in [0.3, 0.4) is 0 Å². The molecular formula is C15H21N3O3. The number of hydroxylamine groups is 1. The van der Waals surface area contributed by atoms with Crippen LogP contribution >= 0.6 is 0 Å². The van der Waals surface area contributed by atoms with E-state index in [9.17, 15) is 0 Å². The highest BCUT2D eigenvalue weighted by Gasteiger charge is 2.21. The molecule has 21 heavy (non-hydrogen) atoms. The molecular weight excluding hydrogens is 270 g/mol. The van der Waals surface area contributed by atoms with E-state index in [1.165, 1.54) is 0 Å². The zero-order chi connectivity index (χ0) is 14.5. The molecule has 3 rings (SSSR count). The molecule has 114 valence electrons. The van der Waals surface area contributed by atoms with Crippen LogP contribution in [0.25, 0.3) is 0 Å². The summed E-state index contributed by atoms with van der Waals surface area (Å²) in [4.78, 5) is 12.4. The monoisotopic (exact) mass is 291 g/mol. The van der Waals surface area contributed by atoms with Crippen molar-refractivity contribution in [1.82, 2.24) is 10.4 Å². The van der Waals surface area contributed by atoms with E-state index in [2.05, 4.69) is 15.4 Å². The molecule has 0 aromatic heterocycles. The molecule has 2 aliphatic heterocycles. The Bertz CT molecular complexity index is 483. The van der Waals surface area contributed by atoms with Crippen molar-refractivity contribution in [2.24, 2.45) is 4.99 Å². The molecule has 0 unspecified atom stereocenters. The fraction of sp³-hybridized carbons (Fsp3) is 0.533. The van der Waals surface area contributed by atoms with Gasteiger partial charge in [-0.2, -0.15) is 0 Å². The van der Waals surface area contributed by atoms with Crippen molar-refractivity contribution in [3.8, 4) is 5.75 Å². The number of aliphatic imine (C=N–C) groups is 1. The standard InChI is InChI=1S/C15H21N3O3/c1-19-13-4-2-12(3-5-13)15-16-14(21-17-15)6-7-18-8-10-20-11-9-18/h2-5,15,17H,6-11H2,1H3/t15-/m1/s1. The molecule has 2 aliphatic rings. The van der Waals surface area contributed by atoms with E-state index < -0.39 is 0 Å². The Kier molecular flexibility index (Phi) is 4.69. The number of nitrogens with zero attached hydrogens (tertiary/aromatic N) is 2. The van der Waals surface area contributed by atoms with E-state index >= 15 is 0 Å². The van der Waals surface area contributed by atoms with Crippen LogP contribution in [-0.2, 0) is 9.57 Å². The van der Waals surface area contributed by atoms with Crippen molar-refractivity contribution in [2.45, 2.75) is 12.6 Å². The second-order valence-electron chi connectivity index (χ2n) is 5.12. The minimum atomic E-state index is -0.129. The molecule has 1 N–H and O–H groups in total. The van der Waals surface area contributed by atoms with Crippen LogP contribution in [0.1, 0.15) is 18.2 Å². The SMILES string of the molecule is COc1ccc([C@@H]2N=C(CCN3CCOCC3)ON2)cc1. The lowest BCUT2D eigenvalue weighted by molar-refractivity contribution is 0.0383. The first-order valence-electron chi connectivity index (χ1n) is 7.28. The van der Waals surface area contributed by atoms with Crippen LogP contribution in [0.5, 0.6) is 5.75 Å². The van der Waals surface area contributed by atoms with Crippen LogP contribution < -0.4 is 10.2 Å². The van der Waals surface area contributed by atoms with Crippen LogP contribution in [0.4, 0.5) is 0 Å². The second kappa shape index (κ2) is 6.89. The van der Waals surface area contributed by atoms with E-state index in [1.807, 2.05) is 24.3 Å². The summed E-state index contributed by atoms with van der Waals surface area (Å²) in [6.45, 7) is 4.57. The number of morpholine rings is 1. The predicted octanol–water partition coefficient (Wildman–Crippen LogP) is 1.35. The zero-order valence-electron chi connectivity index (χ0n) is 12.2. The minimum absolute atomic E-state index is 0.129.